The molecule has 3 aliphatic heterocycles. The lowest BCUT2D eigenvalue weighted by atomic mass is 9.95. The number of amides is 11. The van der Waals surface area contributed by atoms with Gasteiger partial charge in [0.15, 0.2) is 17.6 Å². The number of nitrogens with zero attached hydrogens (tertiary/aromatic N) is 7. The zero-order chi connectivity index (χ0) is 101. The summed E-state index contributed by atoms with van der Waals surface area (Å²) in [6.45, 7) is 4.40. The molecule has 0 unspecified atom stereocenters. The average molecular weight is 1960 g/mol. The van der Waals surface area contributed by atoms with E-state index < -0.39 is 219 Å². The number of benzene rings is 3. The number of carboxylic acids is 6. The van der Waals surface area contributed by atoms with Gasteiger partial charge in [0, 0.05) is 149 Å². The normalized spacial score (nSPS) is 15.6. The lowest BCUT2D eigenvalue weighted by molar-refractivity contribution is -0.140. The van der Waals surface area contributed by atoms with E-state index in [4.69, 9.17) is 70.5 Å². The van der Waals surface area contributed by atoms with E-state index in [0.717, 1.165) is 0 Å². The first kappa shape index (κ1) is 110. The lowest BCUT2D eigenvalue weighted by Crippen LogP contribution is -2.60. The number of fused-ring (bicyclic) bond motifs is 3. The van der Waals surface area contributed by atoms with Crippen molar-refractivity contribution in [1.29, 1.82) is 10.8 Å². The predicted octanol–water partition coefficient (Wildman–Crippen LogP) is -1.83. The minimum absolute atomic E-state index is 0.00441. The Labute approximate surface area is 797 Å². The number of carboxylic acid groups (broad SMARTS) is 6. The number of guanidine groups is 2. The molecule has 137 heavy (non-hydrogen) atoms. The van der Waals surface area contributed by atoms with E-state index >= 15 is 4.79 Å². The Bertz CT molecular complexity index is 4990. The first-order chi connectivity index (χ1) is 64.9. The summed E-state index contributed by atoms with van der Waals surface area (Å²) >= 11 is 13.1. The number of rotatable bonds is 52. The Kier molecular flexibility index (Phi) is 43.7. The predicted molar refractivity (Wildman–Crippen MR) is 492 cm³/mol. The van der Waals surface area contributed by atoms with Crippen LogP contribution in [0.4, 0.5) is 5.69 Å². The highest BCUT2D eigenvalue weighted by atomic mass is 35.5. The van der Waals surface area contributed by atoms with Gasteiger partial charge in [-0.3, -0.25) is 112 Å². The summed E-state index contributed by atoms with van der Waals surface area (Å²) < 4.78 is 19.6. The molecule has 1 aromatic heterocycles. The number of ether oxygens (including phenoxy) is 3. The Morgan fingerprint density at radius 3 is 1.38 bits per heavy atom. The number of anilines is 1. The molecule has 3 aliphatic rings. The summed E-state index contributed by atoms with van der Waals surface area (Å²) in [5.74, 6) is -18.5. The van der Waals surface area contributed by atoms with Gasteiger partial charge in [-0.1, -0.05) is 35.3 Å². The van der Waals surface area contributed by atoms with E-state index in [1.807, 2.05) is 13.8 Å². The van der Waals surface area contributed by atoms with Crippen LogP contribution in [0.5, 0.6) is 11.5 Å². The number of primary amides is 1. The van der Waals surface area contributed by atoms with Gasteiger partial charge in [-0.2, -0.15) is 5.10 Å². The van der Waals surface area contributed by atoms with Crippen molar-refractivity contribution in [2.45, 2.75) is 172 Å². The molecule has 25 N–H and O–H groups in total. The van der Waals surface area contributed by atoms with Crippen LogP contribution in [0.25, 0.3) is 28.1 Å². The smallest absolute Gasteiger partial charge is 0.317 e. The number of halogens is 2. The van der Waals surface area contributed by atoms with E-state index in [-0.39, 0.29) is 148 Å². The minimum Gasteiger partial charge on any atom is -0.496 e. The van der Waals surface area contributed by atoms with Crippen molar-refractivity contribution in [3.8, 4) is 39.6 Å². The monoisotopic (exact) mass is 1960 g/mol. The SMILES string of the molecule is COc1cc2c(cc1-c1cccc(NC(=O)CCC(=O)NCCCC[C@@H](NC(=O)[C@@H](CCCNC(=N)N)NC(=O)[C@@H](CCCNC(=N)N)NC(=O)[C@@H](C)NC(=O)CN3CCN(CC(=O)O)CCN(CC(=O)O)CCN(CC(=O)O)CC3)C(=O)N[C@H](CCC(=O)O)C(=O)N[C@H](CCC(=O)O)C(=O)N[C@H](CCC(=O)O)C(N)=O)c1)-c1c(c(C(=O)N3CCOCC3(C)C)nn1-c1cc(Cl)cc(Cl)c1)CO2. The fourth-order valence-corrected chi connectivity index (χ4v) is 15.7. The molecular weight excluding hydrogens is 1840 g/mol. The number of morpholine rings is 1. The number of unbranched alkanes of at least 4 members (excludes halogenated alkanes) is 1. The molecule has 0 radical (unpaired) electrons. The number of hydrogen-bond acceptors (Lipinski definition) is 27. The van der Waals surface area contributed by atoms with Gasteiger partial charge in [0.05, 0.1) is 63.4 Å². The van der Waals surface area contributed by atoms with Crippen LogP contribution in [-0.2, 0) is 88.1 Å². The molecule has 2 saturated heterocycles. The molecule has 11 amide bonds. The third-order valence-corrected chi connectivity index (χ3v) is 22.7. The Hall–Kier alpha value is -13.6. The zero-order valence-corrected chi connectivity index (χ0v) is 77.8. The number of nitrogens with one attached hydrogen (secondary N) is 13. The molecule has 3 aromatic carbocycles. The third-order valence-electron chi connectivity index (χ3n) is 22.3. The van der Waals surface area contributed by atoms with Gasteiger partial charge in [-0.15, -0.1) is 0 Å². The molecular formula is C86H121Cl2N23O26. The van der Waals surface area contributed by atoms with Crippen LogP contribution in [0, 0.1) is 10.8 Å². The van der Waals surface area contributed by atoms with Crippen LogP contribution in [0.1, 0.15) is 133 Å². The number of aliphatic carboxylic acids is 6. The van der Waals surface area contributed by atoms with Crippen molar-refractivity contribution in [1.82, 2.24) is 87.4 Å². The quantitative estimate of drug-likeness (QED) is 0.0131. The summed E-state index contributed by atoms with van der Waals surface area (Å²) in [6, 6.07) is 3.13. The molecule has 7 rings (SSSR count). The van der Waals surface area contributed by atoms with Crippen molar-refractivity contribution >= 4 is 142 Å². The highest BCUT2D eigenvalue weighted by molar-refractivity contribution is 6.35. The second kappa shape index (κ2) is 54.2. The van der Waals surface area contributed by atoms with Crippen molar-refractivity contribution in [3.63, 3.8) is 0 Å². The number of aromatic nitrogens is 2. The number of methoxy groups -OCH3 is 1. The van der Waals surface area contributed by atoms with Gasteiger partial charge < -0.3 is 125 Å². The molecule has 750 valence electrons. The summed E-state index contributed by atoms with van der Waals surface area (Å²) in [5.41, 5.74) is 19.4. The van der Waals surface area contributed by atoms with E-state index in [2.05, 4.69) is 58.5 Å². The standard InChI is InChI=1S/C86H121Cl2N23O26/c1-48(97-67(114)42-106-26-28-107(43-71(121)122)30-32-109(45-73(125)126)33-31-108(29-27-106)44-72(123)124)77(128)100-59(13-8-24-95-84(90)91)79(130)102-60(14-9-25-96-85(92)93)80(131)101-58(78(129)103-62(17-22-70(119)120)82(133)104-61(16-21-69(117)118)81(132)99-57(76(89)127)15-20-68(115)116)12-5-6-23-94-65(112)18-19-66(113)98-52-11-7-10-49(36-52)54-40-55-64(41-63(54)135-4)137-46-56-74(83(134)110-34-35-136-47-86(110,2)3)105-111(75(55)56)53-38-50(87)37-51(88)39-53/h7,10-11,36-41,48,57-62H,5-6,8-9,12-35,42-47H2,1-4H3,(H2,89,127)(H,94,112)(H,97,114)(H,98,113)(H,99,132)(H,100,128)(H,101,131)(H,102,130)(H,103,129)(H,104,133)(H,115,116)(H,117,118)(H,119,120)(H,121,122)(H,123,124)(H,125,126)(H4,90,91,95)(H4,92,93,96)/t48-,57-,58-,59-,60-,61-,62-/m1/s1. The molecule has 7 atom stereocenters. The maximum Gasteiger partial charge on any atom is 0.317 e. The average Bonchev–Trinajstić information content (AvgIpc) is 1.53. The Morgan fingerprint density at radius 2 is 0.927 bits per heavy atom. The molecule has 4 aromatic rings. The maximum atomic E-state index is 15.0. The molecule has 0 saturated carbocycles. The van der Waals surface area contributed by atoms with E-state index in [9.17, 15) is 107 Å². The summed E-state index contributed by atoms with van der Waals surface area (Å²) in [7, 11) is 1.47. The van der Waals surface area contributed by atoms with Crippen LogP contribution in [0.15, 0.2) is 54.6 Å². The molecule has 2 fully saturated rings. The summed E-state index contributed by atoms with van der Waals surface area (Å²) in [6.07, 6.45) is -6.18. The molecule has 51 heteroatoms. The molecule has 49 nitrogen and oxygen atoms in total. The highest BCUT2D eigenvalue weighted by Gasteiger charge is 2.41. The van der Waals surface area contributed by atoms with Crippen LogP contribution in [0.3, 0.4) is 0 Å². The number of nitrogens with two attached hydrogens (primary N) is 3. The van der Waals surface area contributed by atoms with Crippen molar-refractivity contribution in [2.24, 2.45) is 17.2 Å². The zero-order valence-electron chi connectivity index (χ0n) is 76.2. The third kappa shape index (κ3) is 36.8. The number of hydrogen-bond donors (Lipinski definition) is 22. The van der Waals surface area contributed by atoms with Gasteiger partial charge in [0.2, 0.25) is 59.1 Å². The maximum absolute atomic E-state index is 15.0. The van der Waals surface area contributed by atoms with E-state index in [1.54, 1.807) is 74.0 Å². The molecule has 0 spiro atoms. The van der Waals surface area contributed by atoms with Crippen molar-refractivity contribution in [3.05, 3.63) is 75.9 Å². The largest absolute Gasteiger partial charge is 0.496 e. The van der Waals surface area contributed by atoms with Gasteiger partial charge in [-0.25, -0.2) is 4.68 Å². The Balaban J connectivity index is 1.10. The number of carbonyl (C=O) groups is 17. The second-order valence-electron chi connectivity index (χ2n) is 33.5. The summed E-state index contributed by atoms with van der Waals surface area (Å²) in [5, 5.41) is 107. The fraction of sp³-hybridized carbons (Fsp3) is 0.535. The number of carbonyl (C=O) groups excluding carboxylic acids is 11. The Morgan fingerprint density at radius 1 is 0.489 bits per heavy atom. The molecule has 0 aliphatic carbocycles. The van der Waals surface area contributed by atoms with E-state index in [0.29, 0.717) is 80.6 Å². The van der Waals surface area contributed by atoms with Gasteiger partial charge in [0.25, 0.3) is 5.91 Å². The minimum atomic E-state index is -1.95. The van der Waals surface area contributed by atoms with Crippen molar-refractivity contribution in [2.75, 3.05) is 130 Å². The highest BCUT2D eigenvalue weighted by Crippen LogP contribution is 2.47. The van der Waals surface area contributed by atoms with Crippen LogP contribution >= 0.6 is 23.2 Å². The first-order valence-corrected chi connectivity index (χ1v) is 44.9. The van der Waals surface area contributed by atoms with Crippen LogP contribution < -0.4 is 85.2 Å². The topological polar surface area (TPSA) is 731 Å². The van der Waals surface area contributed by atoms with Gasteiger partial charge >= 0.3 is 35.8 Å². The lowest BCUT2D eigenvalue weighted by Gasteiger charge is -2.41. The van der Waals surface area contributed by atoms with Gasteiger partial charge in [0.1, 0.15) is 60.4 Å². The second-order valence-corrected chi connectivity index (χ2v) is 34.3. The fourth-order valence-electron chi connectivity index (χ4n) is 15.2. The van der Waals surface area contributed by atoms with Crippen molar-refractivity contribution < 1.29 is 126 Å². The summed E-state index contributed by atoms with van der Waals surface area (Å²) in [4.78, 5) is 235. The molecule has 4 heterocycles. The van der Waals surface area contributed by atoms with Crippen LogP contribution in [0.2, 0.25) is 10.0 Å². The van der Waals surface area contributed by atoms with Gasteiger partial charge in [-0.05, 0) is 127 Å². The first-order valence-electron chi connectivity index (χ1n) is 44.1. The van der Waals surface area contributed by atoms with Crippen LogP contribution in [-0.4, -0.2) is 351 Å². The molecule has 0 bridgehead atoms. The van der Waals surface area contributed by atoms with E-state index in [1.165, 1.54) is 23.8 Å².